The van der Waals surface area contributed by atoms with E-state index in [0.29, 0.717) is 0 Å². The molecule has 0 amide bonds. The number of fused-ring (bicyclic) bond motifs is 12. The van der Waals surface area contributed by atoms with Gasteiger partial charge in [0.2, 0.25) is 0 Å². The van der Waals surface area contributed by atoms with Crippen molar-refractivity contribution >= 4 is 88.7 Å². The van der Waals surface area contributed by atoms with Crippen LogP contribution in [0.4, 0.5) is 34.1 Å². The topological polar surface area (TPSA) is 6.48 Å². The van der Waals surface area contributed by atoms with Gasteiger partial charge in [-0.2, -0.15) is 0 Å². The second kappa shape index (κ2) is 14.5. The largest absolute Gasteiger partial charge is 0.311 e. The summed E-state index contributed by atoms with van der Waals surface area (Å²) in [5.74, 6) is 0. The lowest BCUT2D eigenvalue weighted by Gasteiger charge is -2.48. The van der Waals surface area contributed by atoms with E-state index in [1.807, 2.05) is 11.3 Å². The second-order valence-corrected chi connectivity index (χ2v) is 24.0. The van der Waals surface area contributed by atoms with Gasteiger partial charge in [0.1, 0.15) is 0 Å². The van der Waals surface area contributed by atoms with Gasteiger partial charge < -0.3 is 9.80 Å². The first-order valence-corrected chi connectivity index (χ1v) is 26.4. The van der Waals surface area contributed by atoms with Crippen LogP contribution in [0.3, 0.4) is 0 Å². The number of thiophene rings is 1. The maximum atomic E-state index is 2.69. The van der Waals surface area contributed by atoms with Crippen LogP contribution in [0.2, 0.25) is 0 Å². The molecule has 0 N–H and O–H groups in total. The average molecular weight is 933 g/mol. The predicted molar refractivity (Wildman–Crippen MR) is 305 cm³/mol. The molecule has 0 saturated carbocycles. The molecule has 10 aromatic rings. The normalized spacial score (nSPS) is 16.9. The second-order valence-electron chi connectivity index (χ2n) is 22.9. The highest BCUT2D eigenvalue weighted by Gasteiger charge is 2.49. The summed E-state index contributed by atoms with van der Waals surface area (Å²) in [4.78, 5) is 5.31. The molecule has 0 spiro atoms. The molecule has 0 radical (unpaired) electrons. The zero-order valence-corrected chi connectivity index (χ0v) is 43.0. The van der Waals surface area contributed by atoms with Crippen LogP contribution >= 0.6 is 11.3 Å². The summed E-state index contributed by atoms with van der Waals surface area (Å²) in [5, 5.41) is 2.66. The molecule has 9 aromatic carbocycles. The predicted octanol–water partition coefficient (Wildman–Crippen LogP) is 16.0. The quantitative estimate of drug-likeness (QED) is 0.163. The Kier molecular flexibility index (Phi) is 8.72. The van der Waals surface area contributed by atoms with Gasteiger partial charge in [0.25, 0.3) is 6.71 Å². The monoisotopic (exact) mass is 932 g/mol. The number of rotatable bonds is 3. The van der Waals surface area contributed by atoms with Crippen molar-refractivity contribution in [2.24, 2.45) is 0 Å². The smallest absolute Gasteiger partial charge is 0.254 e. The minimum atomic E-state index is -0.240. The summed E-state index contributed by atoms with van der Waals surface area (Å²) in [6.45, 7) is 21.8. The first-order valence-electron chi connectivity index (χ1n) is 25.5. The van der Waals surface area contributed by atoms with Crippen LogP contribution in [0, 0.1) is 6.92 Å². The third-order valence-corrected chi connectivity index (χ3v) is 18.9. The van der Waals surface area contributed by atoms with Gasteiger partial charge >= 0.3 is 0 Å². The van der Waals surface area contributed by atoms with E-state index >= 15 is 0 Å². The van der Waals surface area contributed by atoms with Crippen molar-refractivity contribution in [3.05, 3.63) is 232 Å². The van der Waals surface area contributed by atoms with Crippen LogP contribution in [0.5, 0.6) is 0 Å². The molecule has 0 fully saturated rings. The Hall–Kier alpha value is -7.14. The minimum Gasteiger partial charge on any atom is -0.311 e. The molecule has 3 heterocycles. The highest BCUT2D eigenvalue weighted by Crippen LogP contribution is 2.56. The van der Waals surface area contributed by atoms with Crippen molar-refractivity contribution in [2.45, 2.75) is 84.0 Å². The number of benzene rings is 9. The lowest BCUT2D eigenvalue weighted by Crippen LogP contribution is -2.62. The van der Waals surface area contributed by atoms with Crippen molar-refractivity contribution < 1.29 is 0 Å². The van der Waals surface area contributed by atoms with Crippen LogP contribution in [0.1, 0.15) is 105 Å². The molecule has 1 aromatic heterocycles. The fourth-order valence-corrected chi connectivity index (χ4v) is 15.2. The van der Waals surface area contributed by atoms with Crippen LogP contribution in [-0.2, 0) is 21.7 Å². The molecule has 4 aliphatic rings. The number of nitrogens with zero attached hydrogens (tertiary/aromatic N) is 2. The van der Waals surface area contributed by atoms with Crippen molar-refractivity contribution in [2.75, 3.05) is 9.80 Å². The highest BCUT2D eigenvalue weighted by atomic mass is 32.1. The van der Waals surface area contributed by atoms with Crippen LogP contribution in [0.15, 0.2) is 182 Å². The van der Waals surface area contributed by atoms with Gasteiger partial charge in [-0.05, 0) is 138 Å². The van der Waals surface area contributed by atoms with E-state index in [-0.39, 0.29) is 28.4 Å². The molecular weight excluding hydrogens is 876 g/mol. The van der Waals surface area contributed by atoms with Crippen LogP contribution in [-0.4, -0.2) is 6.71 Å². The third kappa shape index (κ3) is 5.66. The molecule has 71 heavy (non-hydrogen) atoms. The maximum absolute atomic E-state index is 2.69. The summed E-state index contributed by atoms with van der Waals surface area (Å²) in [7, 11) is 0. The maximum Gasteiger partial charge on any atom is 0.254 e. The lowest BCUT2D eigenvalue weighted by atomic mass is 9.33. The fraction of sp³-hybridized carbons (Fsp3) is 0.194. The third-order valence-electron chi connectivity index (χ3n) is 17.7. The Morgan fingerprint density at radius 3 is 1.56 bits per heavy atom. The zero-order chi connectivity index (χ0) is 48.5. The van der Waals surface area contributed by atoms with Gasteiger partial charge in [-0.3, -0.25) is 0 Å². The molecule has 344 valence electrons. The van der Waals surface area contributed by atoms with E-state index in [2.05, 4.69) is 254 Å². The average Bonchev–Trinajstić information content (AvgIpc) is 3.77. The minimum absolute atomic E-state index is 0.0515. The number of para-hydroxylation sites is 1. The molecule has 0 unspecified atom stereocenters. The van der Waals surface area contributed by atoms with Crippen molar-refractivity contribution in [3.8, 4) is 11.1 Å². The standard InChI is InChI=1S/C67H57BN2S/c1-40-21-13-19-29-55(40)70-56-34-32-45-44-24-14-20-30-60(44)71-63(45)62(56)68-54-38-52-53(67(8,9)49-28-18-17-27-48(49)66(52,6)7)39-57(54)69(58-35-42(36-59(70)61(58)68)41-22-11-10-12-23-41)43-31-33-50-51(37-43)65(4,5)47-26-16-15-25-46(47)64(50,2)3/h10-39H,1-9H3. The van der Waals surface area contributed by atoms with E-state index in [0.717, 1.165) is 0 Å². The molecule has 0 atom stereocenters. The van der Waals surface area contributed by atoms with Crippen LogP contribution in [0.25, 0.3) is 31.3 Å². The summed E-state index contributed by atoms with van der Waals surface area (Å²) in [5.41, 5.74) is 25.6. The lowest BCUT2D eigenvalue weighted by molar-refractivity contribution is 0.520. The van der Waals surface area contributed by atoms with Gasteiger partial charge in [-0.25, -0.2) is 0 Å². The number of aryl methyl sites for hydroxylation is 1. The number of hydrogen-bond acceptors (Lipinski definition) is 3. The Balaban J connectivity index is 1.15. The summed E-state index contributed by atoms with van der Waals surface area (Å²) >= 11 is 1.96. The molecular formula is C67H57BN2S. The van der Waals surface area contributed by atoms with E-state index in [1.54, 1.807) is 0 Å². The number of hydrogen-bond donors (Lipinski definition) is 0. The molecule has 0 saturated heterocycles. The molecule has 2 aliphatic carbocycles. The summed E-state index contributed by atoms with van der Waals surface area (Å²) < 4.78 is 2.70. The van der Waals surface area contributed by atoms with E-state index in [1.165, 1.54) is 132 Å². The molecule has 2 aliphatic heterocycles. The fourth-order valence-electron chi connectivity index (χ4n) is 14.0. The van der Waals surface area contributed by atoms with E-state index in [4.69, 9.17) is 0 Å². The highest BCUT2D eigenvalue weighted by molar-refractivity contribution is 7.28. The summed E-state index contributed by atoms with van der Waals surface area (Å²) in [6, 6.07) is 70.2. The van der Waals surface area contributed by atoms with Gasteiger partial charge in [0.05, 0.1) is 0 Å². The Morgan fingerprint density at radius 2 is 0.901 bits per heavy atom. The van der Waals surface area contributed by atoms with Crippen molar-refractivity contribution in [3.63, 3.8) is 0 Å². The van der Waals surface area contributed by atoms with E-state index in [9.17, 15) is 0 Å². The first-order chi connectivity index (χ1) is 34.2. The Bertz CT molecular complexity index is 3930. The summed E-state index contributed by atoms with van der Waals surface area (Å²) in [6.07, 6.45) is 0. The molecule has 4 heteroatoms. The van der Waals surface area contributed by atoms with E-state index < -0.39 is 0 Å². The first kappa shape index (κ1) is 42.7. The Labute approximate surface area is 423 Å². The van der Waals surface area contributed by atoms with Crippen LogP contribution < -0.4 is 26.2 Å². The van der Waals surface area contributed by atoms with Crippen molar-refractivity contribution in [1.29, 1.82) is 0 Å². The molecule has 0 bridgehead atoms. The Morgan fingerprint density at radius 1 is 0.366 bits per heavy atom. The van der Waals surface area contributed by atoms with Crippen molar-refractivity contribution in [1.82, 2.24) is 0 Å². The SMILES string of the molecule is Cc1ccccc1N1c2cc(-c3ccccc3)cc3c2B(c2cc4c(cc2N3c2ccc3c(c2)C(C)(C)c2ccccc2C3(C)C)C(C)(C)c2ccccc2C4(C)C)c2c1ccc1c2sc2ccccc21. The van der Waals surface area contributed by atoms with Gasteiger partial charge in [-0.1, -0.05) is 189 Å². The number of anilines is 6. The van der Waals surface area contributed by atoms with Gasteiger partial charge in [-0.15, -0.1) is 11.3 Å². The molecule has 2 nitrogen and oxygen atoms in total. The van der Waals surface area contributed by atoms with Gasteiger partial charge in [0, 0.05) is 70.6 Å². The zero-order valence-electron chi connectivity index (χ0n) is 42.2. The molecule has 14 rings (SSSR count). The van der Waals surface area contributed by atoms with Gasteiger partial charge in [0.15, 0.2) is 0 Å².